The minimum atomic E-state index is -0.825. The summed E-state index contributed by atoms with van der Waals surface area (Å²) in [7, 11) is 0. The zero-order chi connectivity index (χ0) is 25.8. The third-order valence-electron chi connectivity index (χ3n) is 8.72. The second-order valence-electron chi connectivity index (χ2n) is 11.1. The maximum absolute atomic E-state index is 13.8. The highest BCUT2D eigenvalue weighted by molar-refractivity contribution is 6.00. The molecule has 2 aliphatic heterocycles. The number of nitrogens with zero attached hydrogens (tertiary/aromatic N) is 3. The number of carbonyl (C=O) groups is 2. The number of piperazine rings is 1. The van der Waals surface area contributed by atoms with Crippen molar-refractivity contribution >= 4 is 11.8 Å². The summed E-state index contributed by atoms with van der Waals surface area (Å²) in [6, 6.07) is 9.25. The number of rotatable bonds is 8. The second-order valence-corrected chi connectivity index (χ2v) is 11.1. The molecule has 2 aromatic rings. The molecule has 3 N–H and O–H groups in total. The van der Waals surface area contributed by atoms with Gasteiger partial charge in [-0.3, -0.25) is 14.5 Å². The second kappa shape index (κ2) is 11.4. The average molecular weight is 508 g/mol. The van der Waals surface area contributed by atoms with Gasteiger partial charge in [-0.1, -0.05) is 62.9 Å². The number of unbranched alkanes of at least 4 members (excludes halogenated alkanes) is 1. The number of imidazole rings is 1. The van der Waals surface area contributed by atoms with Crippen LogP contribution in [0.5, 0.6) is 0 Å². The molecular formula is C29H41N5O3. The Balaban J connectivity index is 1.26. The number of likely N-dealkylation sites (tertiary alicyclic amines) is 1. The molecule has 1 saturated carbocycles. The summed E-state index contributed by atoms with van der Waals surface area (Å²) in [5.41, 5.74) is 1.27. The molecule has 37 heavy (non-hydrogen) atoms. The van der Waals surface area contributed by atoms with E-state index in [9.17, 15) is 14.7 Å². The van der Waals surface area contributed by atoms with E-state index in [1.807, 2.05) is 41.4 Å². The van der Waals surface area contributed by atoms with Gasteiger partial charge in [0.1, 0.15) is 17.4 Å². The minimum Gasteiger partial charge on any atom is -0.390 e. The van der Waals surface area contributed by atoms with Crippen molar-refractivity contribution in [3.63, 3.8) is 0 Å². The van der Waals surface area contributed by atoms with Crippen LogP contribution >= 0.6 is 0 Å². The number of aromatic amines is 1. The number of carbonyl (C=O) groups excluding carboxylic acids is 2. The Kier molecular flexibility index (Phi) is 7.95. The number of hydrogen-bond donors (Lipinski definition) is 3. The number of aromatic nitrogens is 2. The molecule has 1 spiro atoms. The van der Waals surface area contributed by atoms with Gasteiger partial charge in [-0.05, 0) is 38.0 Å². The molecule has 5 rings (SSSR count). The number of amides is 2. The van der Waals surface area contributed by atoms with Crippen molar-refractivity contribution in [3.8, 4) is 11.4 Å². The van der Waals surface area contributed by atoms with Gasteiger partial charge in [-0.25, -0.2) is 4.98 Å². The van der Waals surface area contributed by atoms with E-state index in [1.54, 1.807) is 0 Å². The van der Waals surface area contributed by atoms with E-state index in [0.29, 0.717) is 19.4 Å². The number of aliphatic hydroxyl groups is 1. The number of piperidine rings is 1. The SMILES string of the molecule is CCCCN1C(=O)[C@@H]([C@H](O)C2CCCCC2)NC(=O)C12CCN(Cc1cnc(-c3ccccc3)[nH]1)CC2. The van der Waals surface area contributed by atoms with Crippen molar-refractivity contribution in [2.24, 2.45) is 5.92 Å². The fourth-order valence-electron chi connectivity index (χ4n) is 6.46. The van der Waals surface area contributed by atoms with Gasteiger partial charge in [0.15, 0.2) is 0 Å². The van der Waals surface area contributed by atoms with E-state index in [1.165, 1.54) is 6.42 Å². The highest BCUT2D eigenvalue weighted by Gasteiger charge is 2.55. The Labute approximate surface area is 219 Å². The predicted molar refractivity (Wildman–Crippen MR) is 142 cm³/mol. The lowest BCUT2D eigenvalue weighted by Crippen LogP contribution is -2.75. The van der Waals surface area contributed by atoms with Gasteiger partial charge in [0.2, 0.25) is 11.8 Å². The summed E-state index contributed by atoms with van der Waals surface area (Å²) in [6.45, 7) is 4.84. The highest BCUT2D eigenvalue weighted by atomic mass is 16.3. The smallest absolute Gasteiger partial charge is 0.248 e. The van der Waals surface area contributed by atoms with Crippen molar-refractivity contribution in [3.05, 3.63) is 42.2 Å². The lowest BCUT2D eigenvalue weighted by atomic mass is 9.78. The molecule has 1 aromatic carbocycles. The van der Waals surface area contributed by atoms with Crippen LogP contribution < -0.4 is 5.32 Å². The molecule has 3 fully saturated rings. The van der Waals surface area contributed by atoms with E-state index < -0.39 is 17.7 Å². The van der Waals surface area contributed by atoms with Crippen molar-refractivity contribution in [1.82, 2.24) is 25.1 Å². The number of benzene rings is 1. The van der Waals surface area contributed by atoms with Crippen LogP contribution in [-0.4, -0.2) is 74.0 Å². The van der Waals surface area contributed by atoms with Gasteiger partial charge in [0.05, 0.1) is 6.10 Å². The molecule has 3 heterocycles. The molecule has 0 radical (unpaired) electrons. The monoisotopic (exact) mass is 507 g/mol. The first-order valence-electron chi connectivity index (χ1n) is 14.1. The van der Waals surface area contributed by atoms with Crippen LogP contribution in [-0.2, 0) is 16.1 Å². The van der Waals surface area contributed by atoms with Crippen LogP contribution in [0, 0.1) is 5.92 Å². The summed E-state index contributed by atoms with van der Waals surface area (Å²) >= 11 is 0. The lowest BCUT2D eigenvalue weighted by Gasteiger charge is -2.52. The lowest BCUT2D eigenvalue weighted by molar-refractivity contribution is -0.166. The molecule has 2 amide bonds. The summed E-state index contributed by atoms with van der Waals surface area (Å²) in [5.74, 6) is 0.757. The molecule has 1 aromatic heterocycles. The van der Waals surface area contributed by atoms with E-state index >= 15 is 0 Å². The minimum absolute atomic E-state index is 0.0853. The Hall–Kier alpha value is -2.71. The molecule has 0 bridgehead atoms. The Bertz CT molecular complexity index is 1060. The average Bonchev–Trinajstić information content (AvgIpc) is 3.41. The first-order valence-corrected chi connectivity index (χ1v) is 14.1. The number of H-pyrrole nitrogens is 1. The third kappa shape index (κ3) is 5.32. The number of aliphatic hydroxyl groups excluding tert-OH is 1. The molecule has 200 valence electrons. The fourth-order valence-corrected chi connectivity index (χ4v) is 6.46. The van der Waals surface area contributed by atoms with Crippen LogP contribution in [0.2, 0.25) is 0 Å². The van der Waals surface area contributed by atoms with Crippen molar-refractivity contribution < 1.29 is 14.7 Å². The first kappa shape index (κ1) is 25.9. The van der Waals surface area contributed by atoms with E-state index in [-0.39, 0.29) is 17.7 Å². The van der Waals surface area contributed by atoms with Crippen molar-refractivity contribution in [1.29, 1.82) is 0 Å². The molecule has 2 saturated heterocycles. The standard InChI is InChI=1S/C29H41N5O3/c1-2-3-16-34-27(36)24(25(35)21-10-6-4-7-11-21)32-28(37)29(34)14-17-33(18-15-29)20-23-19-30-26(31-23)22-12-8-5-9-13-22/h5,8-9,12-13,19,21,24-25,35H,2-4,6-7,10-11,14-18,20H2,1H3,(H,30,31)(H,32,37)/t24-,25-/m1/s1. The summed E-state index contributed by atoms with van der Waals surface area (Å²) < 4.78 is 0. The molecule has 8 heteroatoms. The van der Waals surface area contributed by atoms with E-state index in [2.05, 4.69) is 27.1 Å². The molecular weight excluding hydrogens is 466 g/mol. The summed E-state index contributed by atoms with van der Waals surface area (Å²) in [6.07, 6.45) is 9.28. The summed E-state index contributed by atoms with van der Waals surface area (Å²) in [4.78, 5) is 39.6. The van der Waals surface area contributed by atoms with Crippen molar-refractivity contribution in [2.75, 3.05) is 19.6 Å². The van der Waals surface area contributed by atoms with Crippen LogP contribution in [0.25, 0.3) is 11.4 Å². The topological polar surface area (TPSA) is 102 Å². The van der Waals surface area contributed by atoms with Gasteiger partial charge in [0.25, 0.3) is 0 Å². The first-order chi connectivity index (χ1) is 18.0. The maximum Gasteiger partial charge on any atom is 0.248 e. The van der Waals surface area contributed by atoms with E-state index in [0.717, 1.165) is 75.2 Å². The highest BCUT2D eigenvalue weighted by Crippen LogP contribution is 2.36. The maximum atomic E-state index is 13.8. The third-order valence-corrected chi connectivity index (χ3v) is 8.72. The quantitative estimate of drug-likeness (QED) is 0.508. The van der Waals surface area contributed by atoms with Gasteiger partial charge < -0.3 is 20.3 Å². The van der Waals surface area contributed by atoms with E-state index in [4.69, 9.17) is 0 Å². The van der Waals surface area contributed by atoms with Gasteiger partial charge in [-0.2, -0.15) is 0 Å². The van der Waals surface area contributed by atoms with Crippen LogP contribution in [0.15, 0.2) is 36.5 Å². The normalized spacial score (nSPS) is 23.8. The zero-order valence-corrected chi connectivity index (χ0v) is 22.0. The molecule has 3 aliphatic rings. The largest absolute Gasteiger partial charge is 0.390 e. The van der Waals surface area contributed by atoms with Crippen LogP contribution in [0.3, 0.4) is 0 Å². The summed E-state index contributed by atoms with van der Waals surface area (Å²) in [5, 5.41) is 14.1. The molecule has 1 aliphatic carbocycles. The van der Waals surface area contributed by atoms with Gasteiger partial charge in [0, 0.05) is 43.6 Å². The molecule has 2 atom stereocenters. The predicted octanol–water partition coefficient (Wildman–Crippen LogP) is 3.48. The zero-order valence-electron chi connectivity index (χ0n) is 22.0. The van der Waals surface area contributed by atoms with Crippen molar-refractivity contribution in [2.45, 2.75) is 88.9 Å². The molecule has 8 nitrogen and oxygen atoms in total. The number of nitrogens with one attached hydrogen (secondary N) is 2. The Morgan fingerprint density at radius 1 is 1.11 bits per heavy atom. The fraction of sp³-hybridized carbons (Fsp3) is 0.621. The van der Waals surface area contributed by atoms with Crippen LogP contribution in [0.1, 0.15) is 70.4 Å². The Morgan fingerprint density at radius 3 is 2.54 bits per heavy atom. The van der Waals surface area contributed by atoms with Gasteiger partial charge in [-0.15, -0.1) is 0 Å². The van der Waals surface area contributed by atoms with Gasteiger partial charge >= 0.3 is 0 Å². The van der Waals surface area contributed by atoms with Crippen LogP contribution in [0.4, 0.5) is 0 Å². The number of hydrogen-bond acceptors (Lipinski definition) is 5. The Morgan fingerprint density at radius 2 is 1.84 bits per heavy atom. The molecule has 0 unspecified atom stereocenters.